The van der Waals surface area contributed by atoms with Crippen LogP contribution in [0.3, 0.4) is 0 Å². The number of ether oxygens (including phenoxy) is 4. The highest BCUT2D eigenvalue weighted by atomic mass is 79.9. The molecule has 7 heterocycles. The second-order valence-corrected chi connectivity index (χ2v) is 30.9. The van der Waals surface area contributed by atoms with Gasteiger partial charge in [-0.05, 0) is 112 Å². The molecule has 5 aromatic heterocycles. The van der Waals surface area contributed by atoms with Gasteiger partial charge in [0.2, 0.25) is 11.9 Å². The Morgan fingerprint density at radius 1 is 0.697 bits per heavy atom. The second kappa shape index (κ2) is 25.6. The van der Waals surface area contributed by atoms with Gasteiger partial charge in [0.1, 0.15) is 42.1 Å². The van der Waals surface area contributed by atoms with E-state index in [1.165, 1.54) is 10.9 Å². The van der Waals surface area contributed by atoms with Crippen molar-refractivity contribution in [2.45, 2.75) is 50.7 Å². The standard InChI is InChI=1S/C62H72BrClN16O7P2/c1-61(85-6)17-23-79(24-18-61)49-31-51(84-5)47(29-39(49)38-33-69-77(3)37-38)73-59-67-35-42(63)56(75-59)71-44-13-11-12-14-53(44)89(10,83)28-27-87-52-32-50(80-25-19-62(2,86-7)20-26-80)40(41-34-70-78(4)58(41)81)30-48(52)74-60-68-36-43(64)57(76-60)72-46-16-15-45-54(66-22-21-65-45)55(46)88(8,9)82/h11-16,21-22,29-37,70H,17-20,23-28H2,1-10H3,(H2,67,71,73,75)(H2,68,72,74,76). The average Bonchev–Trinajstić information content (AvgIpc) is 2.98. The van der Waals surface area contributed by atoms with E-state index < -0.39 is 14.3 Å². The number of halogens is 2. The van der Waals surface area contributed by atoms with Crippen LogP contribution in [0.2, 0.25) is 5.02 Å². The first kappa shape index (κ1) is 62.7. The summed E-state index contributed by atoms with van der Waals surface area (Å²) >= 11 is 10.5. The monoisotopic (exact) mass is 1330 g/mol. The highest BCUT2D eigenvalue weighted by Gasteiger charge is 2.34. The molecule has 11 rings (SSSR count). The van der Waals surface area contributed by atoms with Crippen molar-refractivity contribution in [3.8, 4) is 33.8 Å². The Bertz CT molecular complexity index is 4270. The molecular weight excluding hydrogens is 1260 g/mol. The molecule has 2 fully saturated rings. The fourth-order valence-electron chi connectivity index (χ4n) is 11.3. The number of H-pyrrole nitrogens is 1. The van der Waals surface area contributed by atoms with Crippen LogP contribution in [0.15, 0.2) is 113 Å². The third-order valence-electron chi connectivity index (χ3n) is 16.8. The summed E-state index contributed by atoms with van der Waals surface area (Å²) in [7, 11) is 2.51. The summed E-state index contributed by atoms with van der Waals surface area (Å²) in [4.78, 5) is 46.4. The summed E-state index contributed by atoms with van der Waals surface area (Å²) in [5.41, 5.74) is 7.23. The number of aryl methyl sites for hydroxylation is 2. The minimum atomic E-state index is -3.25. The lowest BCUT2D eigenvalue weighted by Crippen LogP contribution is -2.44. The van der Waals surface area contributed by atoms with Gasteiger partial charge in [0.25, 0.3) is 5.56 Å². The number of fused-ring (bicyclic) bond motifs is 1. The summed E-state index contributed by atoms with van der Waals surface area (Å²) in [6, 6.07) is 18.8. The molecule has 0 spiro atoms. The molecule has 2 aliphatic rings. The number of hydrogen-bond donors (Lipinski definition) is 5. The molecule has 2 saturated heterocycles. The zero-order valence-electron chi connectivity index (χ0n) is 51.3. The first-order valence-electron chi connectivity index (χ1n) is 29.0. The minimum Gasteiger partial charge on any atom is -0.494 e. The molecule has 27 heteroatoms. The smallest absolute Gasteiger partial charge is 0.274 e. The minimum absolute atomic E-state index is 0.0104. The van der Waals surface area contributed by atoms with Crippen molar-refractivity contribution < 1.29 is 28.1 Å². The molecule has 89 heavy (non-hydrogen) atoms. The van der Waals surface area contributed by atoms with Crippen LogP contribution >= 0.6 is 41.8 Å². The molecule has 5 N–H and O–H groups in total. The van der Waals surface area contributed by atoms with Gasteiger partial charge < -0.3 is 64.2 Å². The molecule has 4 aromatic carbocycles. The van der Waals surface area contributed by atoms with E-state index in [0.717, 1.165) is 61.3 Å². The van der Waals surface area contributed by atoms with E-state index in [2.05, 4.69) is 91.0 Å². The van der Waals surface area contributed by atoms with Crippen LogP contribution in [0.1, 0.15) is 39.5 Å². The normalized spacial score (nSPS) is 15.6. The van der Waals surface area contributed by atoms with Crippen molar-refractivity contribution >= 4 is 121 Å². The van der Waals surface area contributed by atoms with Gasteiger partial charge in [-0.3, -0.25) is 24.1 Å². The molecule has 1 atom stereocenters. The largest absolute Gasteiger partial charge is 0.494 e. The lowest BCUT2D eigenvalue weighted by atomic mass is 9.92. The van der Waals surface area contributed by atoms with Crippen LogP contribution in [0.5, 0.6) is 11.5 Å². The highest BCUT2D eigenvalue weighted by Crippen LogP contribution is 2.47. The quantitative estimate of drug-likeness (QED) is 0.0419. The summed E-state index contributed by atoms with van der Waals surface area (Å²) in [5, 5.41) is 22.4. The highest BCUT2D eigenvalue weighted by molar-refractivity contribution is 9.10. The maximum atomic E-state index is 15.3. The van der Waals surface area contributed by atoms with Gasteiger partial charge in [-0.2, -0.15) is 15.1 Å². The Hall–Kier alpha value is -7.85. The number of nitrogens with one attached hydrogen (secondary N) is 5. The van der Waals surface area contributed by atoms with Crippen molar-refractivity contribution in [1.82, 2.24) is 49.5 Å². The number of benzene rings is 4. The molecule has 466 valence electrons. The first-order chi connectivity index (χ1) is 42.5. The Morgan fingerprint density at radius 3 is 1.93 bits per heavy atom. The summed E-state index contributed by atoms with van der Waals surface area (Å²) in [5.74, 6) is 2.05. The number of methoxy groups -OCH3 is 3. The lowest BCUT2D eigenvalue weighted by molar-refractivity contribution is -0.0134. The Kier molecular flexibility index (Phi) is 18.0. The van der Waals surface area contributed by atoms with E-state index in [1.54, 1.807) is 90.0 Å². The lowest BCUT2D eigenvalue weighted by Gasteiger charge is -2.40. The fraction of sp³-hybridized carbons (Fsp3) is 0.355. The van der Waals surface area contributed by atoms with Crippen LogP contribution in [-0.4, -0.2) is 141 Å². The van der Waals surface area contributed by atoms with Crippen LogP contribution in [0.25, 0.3) is 33.3 Å². The fourth-order valence-corrected chi connectivity index (χ4v) is 14.8. The summed E-state index contributed by atoms with van der Waals surface area (Å²) in [6.07, 6.45) is 15.1. The predicted octanol–water partition coefficient (Wildman–Crippen LogP) is 11.7. The number of para-hydroxylation sites is 1. The second-order valence-electron chi connectivity index (χ2n) is 23.4. The number of anilines is 10. The Balaban J connectivity index is 0.885. The molecule has 9 aromatic rings. The number of piperidine rings is 2. The zero-order chi connectivity index (χ0) is 63.0. The maximum Gasteiger partial charge on any atom is 0.274 e. The summed E-state index contributed by atoms with van der Waals surface area (Å²) < 4.78 is 57.6. The maximum absolute atomic E-state index is 15.3. The van der Waals surface area contributed by atoms with E-state index in [0.29, 0.717) is 90.4 Å². The molecule has 0 radical (unpaired) electrons. The van der Waals surface area contributed by atoms with Crippen LogP contribution in [0.4, 0.5) is 57.7 Å². The van der Waals surface area contributed by atoms with Gasteiger partial charge >= 0.3 is 0 Å². The van der Waals surface area contributed by atoms with E-state index >= 15 is 4.57 Å². The topological polar surface area (TPSA) is 259 Å². The van der Waals surface area contributed by atoms with E-state index in [9.17, 15) is 9.36 Å². The van der Waals surface area contributed by atoms with E-state index in [-0.39, 0.29) is 52.3 Å². The molecule has 23 nitrogen and oxygen atoms in total. The zero-order valence-corrected chi connectivity index (χ0v) is 55.4. The molecular formula is C62H72BrClN16O7P2. The average molecular weight is 1330 g/mol. The van der Waals surface area contributed by atoms with Gasteiger partial charge in [-0.1, -0.05) is 23.7 Å². The van der Waals surface area contributed by atoms with Gasteiger partial charge in [0, 0.05) is 137 Å². The van der Waals surface area contributed by atoms with Crippen LogP contribution in [-0.2, 0) is 32.7 Å². The van der Waals surface area contributed by atoms with Gasteiger partial charge in [-0.15, -0.1) is 0 Å². The van der Waals surface area contributed by atoms with E-state index in [1.807, 2.05) is 68.0 Å². The first-order valence-corrected chi connectivity index (χ1v) is 35.1. The number of hydrogen-bond acceptors (Lipinski definition) is 20. The van der Waals surface area contributed by atoms with E-state index in [4.69, 9.17) is 40.5 Å². The Morgan fingerprint density at radius 2 is 1.30 bits per heavy atom. The third-order valence-corrected chi connectivity index (χ3v) is 21.6. The number of aromatic amines is 1. The molecule has 1 unspecified atom stereocenters. The predicted molar refractivity (Wildman–Crippen MR) is 359 cm³/mol. The molecule has 0 bridgehead atoms. The van der Waals surface area contributed by atoms with Crippen molar-refractivity contribution in [3.05, 3.63) is 124 Å². The number of aromatic nitrogens is 10. The van der Waals surface area contributed by atoms with Crippen molar-refractivity contribution in [1.29, 1.82) is 0 Å². The molecule has 0 saturated carbocycles. The Labute approximate surface area is 529 Å². The van der Waals surface area contributed by atoms with Crippen molar-refractivity contribution in [2.75, 3.05) is 111 Å². The van der Waals surface area contributed by atoms with Crippen LogP contribution < -0.4 is 56.7 Å². The van der Waals surface area contributed by atoms with Crippen molar-refractivity contribution in [2.24, 2.45) is 14.1 Å². The third kappa shape index (κ3) is 13.5. The molecule has 2 aliphatic heterocycles. The van der Waals surface area contributed by atoms with Gasteiger partial charge in [0.15, 0.2) is 5.82 Å². The van der Waals surface area contributed by atoms with Gasteiger partial charge in [0.05, 0.1) is 80.9 Å². The SMILES string of the molecule is COc1cc(N2CCC(C)(OC)CC2)c(-c2cnn(C)c2)cc1Nc1ncc(Br)c(Nc2ccccc2P(C)(=O)CCOc2cc(N3CCC(C)(OC)CC3)c(-c3c[nH]n(C)c3=O)cc2Nc2ncc(Cl)c(Nc3ccc4nccnc4c3P(C)(C)=O)n2)n1. The van der Waals surface area contributed by atoms with Crippen LogP contribution in [0, 0.1) is 0 Å². The molecule has 0 amide bonds. The van der Waals surface area contributed by atoms with Crippen molar-refractivity contribution in [3.63, 3.8) is 0 Å². The number of rotatable bonds is 21. The van der Waals surface area contributed by atoms with Gasteiger partial charge in [-0.25, -0.2) is 9.97 Å². The molecule has 0 aliphatic carbocycles. The number of nitrogens with zero attached hydrogens (tertiary/aromatic N) is 11. The summed E-state index contributed by atoms with van der Waals surface area (Å²) in [6.45, 7) is 12.2.